The molecule has 3 aliphatic heterocycles. The fourth-order valence-electron chi connectivity index (χ4n) is 8.91. The van der Waals surface area contributed by atoms with Gasteiger partial charge < -0.3 is 14.5 Å². The van der Waals surface area contributed by atoms with E-state index < -0.39 is 44.5 Å². The molecule has 2 unspecified atom stereocenters. The van der Waals surface area contributed by atoms with E-state index in [1.54, 1.807) is 35.2 Å². The summed E-state index contributed by atoms with van der Waals surface area (Å²) in [4.78, 5) is 33.8. The van der Waals surface area contributed by atoms with Crippen molar-refractivity contribution in [3.8, 4) is 5.75 Å². The van der Waals surface area contributed by atoms with Gasteiger partial charge in [0.2, 0.25) is 10.0 Å². The molecule has 0 radical (unpaired) electrons. The van der Waals surface area contributed by atoms with Crippen molar-refractivity contribution >= 4 is 44.7 Å². The number of halogens is 3. The van der Waals surface area contributed by atoms with Crippen LogP contribution in [0, 0.1) is 5.92 Å². The second-order valence-corrected chi connectivity index (χ2v) is 18.4. The van der Waals surface area contributed by atoms with Crippen LogP contribution in [0.25, 0.3) is 17.2 Å². The number of carbonyl (C=O) groups is 2. The van der Waals surface area contributed by atoms with Gasteiger partial charge in [0, 0.05) is 62.1 Å². The van der Waals surface area contributed by atoms with E-state index in [0.717, 1.165) is 66.3 Å². The summed E-state index contributed by atoms with van der Waals surface area (Å²) in [6.07, 6.45) is 3.71. The molecule has 2 aromatic carbocycles. The number of piperazine rings is 1. The molecule has 15 heteroatoms. The van der Waals surface area contributed by atoms with Crippen molar-refractivity contribution in [2.75, 3.05) is 38.7 Å². The average Bonchev–Trinajstić information content (AvgIpc) is 3.52. The topological polar surface area (TPSA) is 117 Å². The molecule has 2 bridgehead atoms. The van der Waals surface area contributed by atoms with Gasteiger partial charge in [0.15, 0.2) is 5.69 Å². The van der Waals surface area contributed by atoms with Gasteiger partial charge >= 0.3 is 6.18 Å². The Bertz CT molecular complexity index is 2210. The first kappa shape index (κ1) is 40.6. The third kappa shape index (κ3) is 7.97. The summed E-state index contributed by atoms with van der Waals surface area (Å²) >= 11 is 0. The molecule has 1 aromatic heterocycles. The van der Waals surface area contributed by atoms with Gasteiger partial charge in [-0.2, -0.15) is 18.3 Å². The molecule has 57 heavy (non-hydrogen) atoms. The summed E-state index contributed by atoms with van der Waals surface area (Å²) in [5.41, 5.74) is 2.50. The minimum absolute atomic E-state index is 0.0163. The average molecular weight is 809 g/mol. The SMILES string of the molecule is C=C(c1ccc(C(=O)NS(=O)(=O)C(C)C)cc1N1CC(c2c(C(=O)N3CC4CCC(C3)N4C)c(C(F)(F)F)nn2C)=Cc2cc(OC)ccc2C1)C1CCCCC1. The third-order valence-corrected chi connectivity index (χ3v) is 14.0. The van der Waals surface area contributed by atoms with E-state index in [9.17, 15) is 31.2 Å². The first-order valence-electron chi connectivity index (χ1n) is 19.6. The number of likely N-dealkylation sites (tertiary alicyclic amines) is 1. The van der Waals surface area contributed by atoms with Gasteiger partial charge in [-0.3, -0.25) is 19.2 Å². The first-order chi connectivity index (χ1) is 27.0. The molecule has 1 aliphatic carbocycles. The highest BCUT2D eigenvalue weighted by molar-refractivity contribution is 7.90. The Morgan fingerprint density at radius 2 is 1.65 bits per heavy atom. The number of methoxy groups -OCH3 is 1. The zero-order valence-electron chi connectivity index (χ0n) is 33.2. The fraction of sp³-hybridized carbons (Fsp3) is 0.500. The Morgan fingerprint density at radius 3 is 2.28 bits per heavy atom. The smallest absolute Gasteiger partial charge is 0.435 e. The van der Waals surface area contributed by atoms with Crippen LogP contribution in [0.2, 0.25) is 0 Å². The predicted molar refractivity (Wildman–Crippen MR) is 214 cm³/mol. The van der Waals surface area contributed by atoms with E-state index in [1.807, 2.05) is 24.1 Å². The maximum Gasteiger partial charge on any atom is 0.435 e. The molecule has 4 aliphatic rings. The third-order valence-electron chi connectivity index (χ3n) is 12.3. The monoisotopic (exact) mass is 808 g/mol. The number of anilines is 1. The lowest BCUT2D eigenvalue weighted by Gasteiger charge is -2.39. The minimum Gasteiger partial charge on any atom is -0.497 e. The molecular weight excluding hydrogens is 758 g/mol. The summed E-state index contributed by atoms with van der Waals surface area (Å²) in [7, 11) is 0.995. The molecule has 2 saturated heterocycles. The van der Waals surface area contributed by atoms with Gasteiger partial charge in [-0.05, 0) is 105 Å². The number of fused-ring (bicyclic) bond motifs is 3. The number of nitrogens with zero attached hydrogens (tertiary/aromatic N) is 5. The van der Waals surface area contributed by atoms with Crippen molar-refractivity contribution in [3.63, 3.8) is 0 Å². The molecule has 4 heterocycles. The van der Waals surface area contributed by atoms with Crippen LogP contribution < -0.4 is 14.4 Å². The summed E-state index contributed by atoms with van der Waals surface area (Å²) in [6, 6.07) is 10.6. The van der Waals surface area contributed by atoms with Crippen molar-refractivity contribution in [1.82, 2.24) is 24.3 Å². The van der Waals surface area contributed by atoms with Gasteiger partial charge in [-0.25, -0.2) is 13.1 Å². The lowest BCUT2D eigenvalue weighted by Crippen LogP contribution is -2.53. The Kier molecular flexibility index (Phi) is 11.1. The summed E-state index contributed by atoms with van der Waals surface area (Å²) < 4.78 is 79.3. The normalized spacial score (nSPS) is 20.6. The van der Waals surface area contributed by atoms with Crippen molar-refractivity contribution in [2.45, 2.75) is 88.8 Å². The number of rotatable bonds is 9. The summed E-state index contributed by atoms with van der Waals surface area (Å²) in [5, 5.41) is 3.13. The van der Waals surface area contributed by atoms with Crippen molar-refractivity contribution < 1.29 is 35.9 Å². The van der Waals surface area contributed by atoms with Crippen molar-refractivity contribution in [2.24, 2.45) is 13.0 Å². The van der Waals surface area contributed by atoms with Crippen molar-refractivity contribution in [1.29, 1.82) is 0 Å². The number of alkyl halides is 3. The van der Waals surface area contributed by atoms with E-state index in [2.05, 4.69) is 21.3 Å². The molecule has 2 atom stereocenters. The molecule has 3 fully saturated rings. The number of carbonyl (C=O) groups excluding carboxylic acids is 2. The Morgan fingerprint density at radius 1 is 0.965 bits per heavy atom. The fourth-order valence-corrected chi connectivity index (χ4v) is 9.52. The molecular formula is C42H51F3N6O5S. The predicted octanol–water partition coefficient (Wildman–Crippen LogP) is 6.99. The Labute approximate surface area is 332 Å². The number of nitrogens with one attached hydrogen (secondary N) is 1. The number of sulfonamides is 1. The quantitative estimate of drug-likeness (QED) is 0.246. The van der Waals surface area contributed by atoms with E-state index in [0.29, 0.717) is 35.7 Å². The number of hydrogen-bond acceptors (Lipinski definition) is 8. The highest BCUT2D eigenvalue weighted by Gasteiger charge is 2.46. The molecule has 1 saturated carbocycles. The van der Waals surface area contributed by atoms with E-state index in [4.69, 9.17) is 4.74 Å². The standard InChI is InChI=1S/C42H51F3N6O5S/c1-25(2)57(54,55)47-40(52)28-13-17-35(26(3)27-10-8-7-9-11-27)36(20-28)50-21-29-12-16-34(56-6)19-30(29)18-31(22-50)38-37(39(42(43,44)45)46-49(38)5)41(53)51-23-32-14-15-33(24-51)48(32)4/h12-13,16-20,25,27,32-33H,3,7-11,14-15,21-24H2,1-2,4-6H3,(H,47,52). The number of hydrogen-bond donors (Lipinski definition) is 1. The maximum atomic E-state index is 14.9. The van der Waals surface area contributed by atoms with Crippen LogP contribution in [0.1, 0.15) is 108 Å². The molecule has 3 aromatic rings. The second-order valence-electron chi connectivity index (χ2n) is 16.2. The van der Waals surface area contributed by atoms with E-state index in [-0.39, 0.29) is 42.3 Å². The van der Waals surface area contributed by atoms with Gasteiger partial charge in [0.05, 0.1) is 23.6 Å². The lowest BCUT2D eigenvalue weighted by molar-refractivity contribution is -0.141. The number of allylic oxidation sites excluding steroid dienone is 1. The van der Waals surface area contributed by atoms with Gasteiger partial charge in [-0.15, -0.1) is 0 Å². The Balaban J connectivity index is 1.39. The summed E-state index contributed by atoms with van der Waals surface area (Å²) in [5.74, 6) is -0.800. The van der Waals surface area contributed by atoms with Gasteiger partial charge in [0.1, 0.15) is 5.75 Å². The van der Waals surface area contributed by atoms with E-state index >= 15 is 0 Å². The van der Waals surface area contributed by atoms with Crippen LogP contribution in [-0.4, -0.2) is 90.9 Å². The number of ether oxygens (including phenoxy) is 1. The van der Waals surface area contributed by atoms with Crippen LogP contribution >= 0.6 is 0 Å². The van der Waals surface area contributed by atoms with Crippen LogP contribution in [0.5, 0.6) is 5.75 Å². The van der Waals surface area contributed by atoms with Gasteiger partial charge in [0.25, 0.3) is 11.8 Å². The molecule has 1 N–H and O–H groups in total. The number of likely N-dealkylation sites (N-methyl/N-ethyl adjacent to an activating group) is 1. The lowest BCUT2D eigenvalue weighted by atomic mass is 9.81. The molecule has 0 spiro atoms. The Hall–Kier alpha value is -4.63. The van der Waals surface area contributed by atoms with Crippen LogP contribution in [0.15, 0.2) is 43.0 Å². The van der Waals surface area contributed by atoms with Crippen LogP contribution in [0.4, 0.5) is 18.9 Å². The number of benzene rings is 2. The van der Waals surface area contributed by atoms with Crippen LogP contribution in [0.3, 0.4) is 0 Å². The highest BCUT2D eigenvalue weighted by Crippen LogP contribution is 2.43. The zero-order chi connectivity index (χ0) is 41.0. The number of amides is 2. The molecule has 7 rings (SSSR count). The molecule has 2 amide bonds. The second kappa shape index (κ2) is 15.6. The largest absolute Gasteiger partial charge is 0.497 e. The van der Waals surface area contributed by atoms with Gasteiger partial charge in [-0.1, -0.05) is 38.0 Å². The summed E-state index contributed by atoms with van der Waals surface area (Å²) in [6.45, 7) is 8.40. The maximum absolute atomic E-state index is 14.9. The zero-order valence-corrected chi connectivity index (χ0v) is 34.0. The molecule has 11 nitrogen and oxygen atoms in total. The van der Waals surface area contributed by atoms with Crippen molar-refractivity contribution in [3.05, 3.63) is 82.2 Å². The number of aromatic nitrogens is 2. The van der Waals surface area contributed by atoms with Crippen LogP contribution in [-0.2, 0) is 29.8 Å². The molecule has 306 valence electrons. The van der Waals surface area contributed by atoms with E-state index in [1.165, 1.54) is 28.0 Å². The number of aryl methyl sites for hydroxylation is 1. The highest BCUT2D eigenvalue weighted by atomic mass is 32.2. The minimum atomic E-state index is -4.92. The first-order valence-corrected chi connectivity index (χ1v) is 21.2.